The molecule has 1 aromatic carbocycles. The van der Waals surface area contributed by atoms with Gasteiger partial charge in [-0.3, -0.25) is 49.6 Å². The van der Waals surface area contributed by atoms with E-state index in [0.717, 1.165) is 46.8 Å². The SMILES string of the molecule is CC(=O)OC/C(=N/Nc1ccc([N+](=O)[O-])cc1[N+](=O)[O-])[C@@H](OC(C)=O)[C@H](OC(C)=O)[C@@H](COC(C)=O)OC(C)=O. The fourth-order valence-corrected chi connectivity index (χ4v) is 3.00. The van der Waals surface area contributed by atoms with Crippen LogP contribution in [0.1, 0.15) is 34.6 Å². The number of hydrogen-bond donors (Lipinski definition) is 1. The van der Waals surface area contributed by atoms with Gasteiger partial charge in [0.05, 0.1) is 15.9 Å². The number of anilines is 1. The number of nitro groups is 2. The molecule has 3 atom stereocenters. The summed E-state index contributed by atoms with van der Waals surface area (Å²) in [6, 6.07) is 2.57. The number of ether oxygens (including phenoxy) is 5. The van der Waals surface area contributed by atoms with Gasteiger partial charge in [-0.2, -0.15) is 5.10 Å². The Kier molecular flexibility index (Phi) is 12.6. The van der Waals surface area contributed by atoms with Gasteiger partial charge in [-0.05, 0) is 6.07 Å². The van der Waals surface area contributed by atoms with Crippen LogP contribution >= 0.6 is 0 Å². The first kappa shape index (κ1) is 32.9. The Morgan fingerprint density at radius 2 is 1.40 bits per heavy atom. The van der Waals surface area contributed by atoms with Crippen LogP contribution in [0, 0.1) is 20.2 Å². The third-order valence-electron chi connectivity index (χ3n) is 4.49. The molecule has 1 rings (SSSR count). The summed E-state index contributed by atoms with van der Waals surface area (Å²) in [4.78, 5) is 79.4. The maximum atomic E-state index is 12.0. The van der Waals surface area contributed by atoms with Gasteiger partial charge in [0.2, 0.25) is 0 Å². The molecule has 0 aliphatic heterocycles. The van der Waals surface area contributed by atoms with Gasteiger partial charge in [-0.15, -0.1) is 0 Å². The minimum absolute atomic E-state index is 0.363. The van der Waals surface area contributed by atoms with E-state index in [1.165, 1.54) is 0 Å². The number of benzene rings is 1. The van der Waals surface area contributed by atoms with Crippen molar-refractivity contribution in [3.63, 3.8) is 0 Å². The molecule has 0 aliphatic rings. The standard InChI is InChI=1S/C22H26N4O14/c1-11(27)36-9-18(24-23-17-7-6-16(25(32)33)8-19(17)26(34)35)21(39-14(4)30)22(40-15(5)31)20(38-13(3)29)10-37-12(2)28/h6-8,20-23H,9-10H2,1-5H3/b24-18-/t20-,21-,22-/m1/s1. The largest absolute Gasteiger partial charge is 0.462 e. The molecule has 0 aliphatic carbocycles. The quantitative estimate of drug-likeness (QED) is 0.108. The molecule has 0 bridgehead atoms. The van der Waals surface area contributed by atoms with Crippen molar-refractivity contribution in [3.05, 3.63) is 38.4 Å². The Hall–Kier alpha value is -5.16. The first-order valence-electron chi connectivity index (χ1n) is 11.2. The zero-order chi connectivity index (χ0) is 30.6. The zero-order valence-corrected chi connectivity index (χ0v) is 21.9. The van der Waals surface area contributed by atoms with Gasteiger partial charge < -0.3 is 23.7 Å². The van der Waals surface area contributed by atoms with E-state index in [0.29, 0.717) is 6.07 Å². The lowest BCUT2D eigenvalue weighted by Crippen LogP contribution is -2.51. The number of carbonyl (C=O) groups is 5. The lowest BCUT2D eigenvalue weighted by molar-refractivity contribution is -0.393. The number of non-ortho nitro benzene ring substituents is 1. The first-order valence-corrected chi connectivity index (χ1v) is 11.2. The molecule has 1 N–H and O–H groups in total. The van der Waals surface area contributed by atoms with Crippen molar-refractivity contribution < 1.29 is 57.5 Å². The average molecular weight is 570 g/mol. The van der Waals surface area contributed by atoms with Crippen molar-refractivity contribution in [2.24, 2.45) is 5.10 Å². The third kappa shape index (κ3) is 11.1. The van der Waals surface area contributed by atoms with Gasteiger partial charge in [0, 0.05) is 40.7 Å². The van der Waals surface area contributed by atoms with Crippen LogP contribution in [-0.2, 0) is 47.7 Å². The molecule has 18 heteroatoms. The molecule has 0 aromatic heterocycles. The summed E-state index contributed by atoms with van der Waals surface area (Å²) in [5, 5.41) is 26.4. The van der Waals surface area contributed by atoms with Gasteiger partial charge in [-0.25, -0.2) is 0 Å². The van der Waals surface area contributed by atoms with E-state index in [-0.39, 0.29) is 5.69 Å². The van der Waals surface area contributed by atoms with Crippen molar-refractivity contribution in [2.45, 2.75) is 52.9 Å². The third-order valence-corrected chi connectivity index (χ3v) is 4.49. The molecule has 40 heavy (non-hydrogen) atoms. The summed E-state index contributed by atoms with van der Waals surface area (Å²) in [6.45, 7) is 3.57. The maximum absolute atomic E-state index is 12.0. The van der Waals surface area contributed by atoms with E-state index < -0.39 is 88.3 Å². The second kappa shape index (κ2) is 15.3. The number of carbonyl (C=O) groups excluding carboxylic acids is 5. The molecule has 0 heterocycles. The molecular weight excluding hydrogens is 544 g/mol. The van der Waals surface area contributed by atoms with Gasteiger partial charge in [0.1, 0.15) is 24.6 Å². The predicted molar refractivity (Wildman–Crippen MR) is 131 cm³/mol. The van der Waals surface area contributed by atoms with Crippen LogP contribution in [0.5, 0.6) is 0 Å². The average Bonchev–Trinajstić information content (AvgIpc) is 2.83. The van der Waals surface area contributed by atoms with Crippen molar-refractivity contribution in [3.8, 4) is 0 Å². The van der Waals surface area contributed by atoms with Crippen LogP contribution in [0.15, 0.2) is 23.3 Å². The maximum Gasteiger partial charge on any atom is 0.303 e. The summed E-state index contributed by atoms with van der Waals surface area (Å²) >= 11 is 0. The monoisotopic (exact) mass is 570 g/mol. The first-order chi connectivity index (χ1) is 18.6. The predicted octanol–water partition coefficient (Wildman–Crippen LogP) is 1.19. The zero-order valence-electron chi connectivity index (χ0n) is 21.9. The Morgan fingerprint density at radius 3 is 1.88 bits per heavy atom. The van der Waals surface area contributed by atoms with E-state index in [1.807, 2.05) is 0 Å². The van der Waals surface area contributed by atoms with Crippen LogP contribution in [0.4, 0.5) is 17.1 Å². The lowest BCUT2D eigenvalue weighted by atomic mass is 10.0. The van der Waals surface area contributed by atoms with Gasteiger partial charge in [-0.1, -0.05) is 0 Å². The summed E-state index contributed by atoms with van der Waals surface area (Å²) in [6.07, 6.45) is -5.11. The van der Waals surface area contributed by atoms with Gasteiger partial charge in [0.25, 0.3) is 5.69 Å². The summed E-state index contributed by atoms with van der Waals surface area (Å²) in [5.41, 5.74) is 0.135. The van der Waals surface area contributed by atoms with Gasteiger partial charge in [0.15, 0.2) is 18.3 Å². The summed E-state index contributed by atoms with van der Waals surface area (Å²) < 4.78 is 25.4. The van der Waals surface area contributed by atoms with Crippen LogP contribution in [-0.4, -0.2) is 76.9 Å². The van der Waals surface area contributed by atoms with Crippen LogP contribution < -0.4 is 5.43 Å². The topological polar surface area (TPSA) is 242 Å². The highest BCUT2D eigenvalue weighted by atomic mass is 16.6. The Morgan fingerprint density at radius 1 is 0.825 bits per heavy atom. The summed E-state index contributed by atoms with van der Waals surface area (Å²) in [5.74, 6) is -4.49. The molecule has 1 aromatic rings. The summed E-state index contributed by atoms with van der Waals surface area (Å²) in [7, 11) is 0. The second-order valence-corrected chi connectivity index (χ2v) is 7.77. The lowest BCUT2D eigenvalue weighted by Gasteiger charge is -2.32. The van der Waals surface area contributed by atoms with Crippen molar-refractivity contribution >= 4 is 52.6 Å². The number of rotatable bonds is 14. The molecule has 18 nitrogen and oxygen atoms in total. The molecule has 218 valence electrons. The van der Waals surface area contributed by atoms with Crippen LogP contribution in [0.25, 0.3) is 0 Å². The number of nitrogens with one attached hydrogen (secondary N) is 1. The fourth-order valence-electron chi connectivity index (χ4n) is 3.00. The molecule has 0 amide bonds. The Bertz CT molecular complexity index is 1200. The van der Waals surface area contributed by atoms with Crippen LogP contribution in [0.2, 0.25) is 0 Å². The molecule has 0 fully saturated rings. The van der Waals surface area contributed by atoms with E-state index in [1.54, 1.807) is 0 Å². The van der Waals surface area contributed by atoms with E-state index in [4.69, 9.17) is 23.7 Å². The number of hydrogen-bond acceptors (Lipinski definition) is 16. The van der Waals surface area contributed by atoms with Crippen molar-refractivity contribution in [2.75, 3.05) is 18.6 Å². The Labute approximate surface area is 225 Å². The molecule has 0 saturated carbocycles. The number of esters is 5. The van der Waals surface area contributed by atoms with E-state index in [9.17, 15) is 44.2 Å². The fraction of sp³-hybridized carbons (Fsp3) is 0.455. The van der Waals surface area contributed by atoms with Crippen LogP contribution in [0.3, 0.4) is 0 Å². The second-order valence-electron chi connectivity index (χ2n) is 7.77. The molecule has 0 spiro atoms. The highest BCUT2D eigenvalue weighted by molar-refractivity contribution is 5.94. The molecule has 0 unspecified atom stereocenters. The minimum atomic E-state index is -1.79. The Balaban J connectivity index is 3.73. The van der Waals surface area contributed by atoms with Crippen molar-refractivity contribution in [1.82, 2.24) is 0 Å². The molecular formula is C22H26N4O14. The minimum Gasteiger partial charge on any atom is -0.462 e. The van der Waals surface area contributed by atoms with Gasteiger partial charge >= 0.3 is 35.5 Å². The molecule has 0 saturated heterocycles. The number of nitrogens with zero attached hydrogens (tertiary/aromatic N) is 3. The number of nitro benzene ring substituents is 2. The molecule has 0 radical (unpaired) electrons. The van der Waals surface area contributed by atoms with Crippen molar-refractivity contribution in [1.29, 1.82) is 0 Å². The highest BCUT2D eigenvalue weighted by Gasteiger charge is 2.41. The number of hydrazone groups is 1. The smallest absolute Gasteiger partial charge is 0.303 e. The van der Waals surface area contributed by atoms with E-state index >= 15 is 0 Å². The highest BCUT2D eigenvalue weighted by Crippen LogP contribution is 2.29. The normalized spacial score (nSPS) is 13.1. The van der Waals surface area contributed by atoms with E-state index in [2.05, 4.69) is 10.5 Å².